The predicted octanol–water partition coefficient (Wildman–Crippen LogP) is 1.95. The molecule has 0 aliphatic rings. The highest BCUT2D eigenvalue weighted by molar-refractivity contribution is 5.81. The summed E-state index contributed by atoms with van der Waals surface area (Å²) in [5.74, 6) is -0.385. The van der Waals surface area contributed by atoms with Crippen LogP contribution in [0.5, 0.6) is 0 Å². The summed E-state index contributed by atoms with van der Waals surface area (Å²) < 4.78 is 1.91. The minimum Gasteiger partial charge on any atom is -0.368 e. The molecule has 112 valence electrons. The Morgan fingerprint density at radius 2 is 2.00 bits per heavy atom. The van der Waals surface area contributed by atoms with E-state index < -0.39 is 6.04 Å². The van der Waals surface area contributed by atoms with Crippen LogP contribution >= 0.6 is 0 Å². The molecule has 5 nitrogen and oxygen atoms in total. The zero-order chi connectivity index (χ0) is 15.5. The third kappa shape index (κ3) is 3.92. The van der Waals surface area contributed by atoms with Gasteiger partial charge in [-0.1, -0.05) is 30.3 Å². The van der Waals surface area contributed by atoms with Crippen LogP contribution in [0.25, 0.3) is 0 Å². The lowest BCUT2D eigenvalue weighted by molar-refractivity contribution is -0.120. The minimum absolute atomic E-state index is 0.0548. The lowest BCUT2D eigenvalue weighted by Gasteiger charge is -2.19. The van der Waals surface area contributed by atoms with Gasteiger partial charge in [0.15, 0.2) is 0 Å². The van der Waals surface area contributed by atoms with Gasteiger partial charge in [0.05, 0.1) is 11.7 Å². The van der Waals surface area contributed by atoms with E-state index in [1.165, 1.54) is 0 Å². The number of nitrogens with one attached hydrogen (secondary N) is 1. The maximum absolute atomic E-state index is 11.6. The Kier molecular flexibility index (Phi) is 4.43. The molecule has 0 saturated carbocycles. The maximum Gasteiger partial charge on any atom is 0.239 e. The first-order valence-corrected chi connectivity index (χ1v) is 6.99. The molecule has 1 amide bonds. The molecule has 0 radical (unpaired) electrons. The molecule has 2 aromatic rings. The molecule has 1 heterocycles. The van der Waals surface area contributed by atoms with Gasteiger partial charge in [-0.05, 0) is 26.3 Å². The molecule has 0 bridgehead atoms. The second kappa shape index (κ2) is 6.10. The first kappa shape index (κ1) is 15.3. The normalized spacial score (nSPS) is 13.1. The molecule has 21 heavy (non-hydrogen) atoms. The summed E-state index contributed by atoms with van der Waals surface area (Å²) in [6.45, 7) is 6.81. The number of carbonyl (C=O) groups excluding carboxylic acids is 1. The van der Waals surface area contributed by atoms with Gasteiger partial charge >= 0.3 is 0 Å². The number of hydrogen-bond acceptors (Lipinski definition) is 3. The molecule has 0 spiro atoms. The minimum atomic E-state index is -0.496. The van der Waals surface area contributed by atoms with E-state index in [0.29, 0.717) is 6.54 Å². The Labute approximate surface area is 125 Å². The van der Waals surface area contributed by atoms with Crippen LogP contribution in [0.4, 0.5) is 0 Å². The van der Waals surface area contributed by atoms with E-state index in [-0.39, 0.29) is 11.4 Å². The van der Waals surface area contributed by atoms with Crippen molar-refractivity contribution in [2.45, 2.75) is 38.9 Å². The first-order chi connectivity index (χ1) is 9.88. The standard InChI is InChI=1S/C16H22N4O/c1-16(2,3)20-11-12(10-19-20)9-18-14(15(17)21)13-7-5-4-6-8-13/h4-8,10-11,14,18H,9H2,1-3H3,(H2,17,21). The van der Waals surface area contributed by atoms with E-state index in [1.54, 1.807) is 6.20 Å². The molecule has 1 unspecified atom stereocenters. The third-order valence-electron chi connectivity index (χ3n) is 3.25. The smallest absolute Gasteiger partial charge is 0.239 e. The van der Waals surface area contributed by atoms with E-state index in [2.05, 4.69) is 31.2 Å². The Morgan fingerprint density at radius 1 is 1.33 bits per heavy atom. The van der Waals surface area contributed by atoms with Crippen LogP contribution in [0.15, 0.2) is 42.7 Å². The second-order valence-corrected chi connectivity index (χ2v) is 6.09. The summed E-state index contributed by atoms with van der Waals surface area (Å²) in [6.07, 6.45) is 3.79. The topological polar surface area (TPSA) is 72.9 Å². The number of nitrogens with two attached hydrogens (primary N) is 1. The fourth-order valence-corrected chi connectivity index (χ4v) is 2.07. The van der Waals surface area contributed by atoms with Crippen LogP contribution in [-0.2, 0) is 16.9 Å². The van der Waals surface area contributed by atoms with Gasteiger partial charge in [0.2, 0.25) is 5.91 Å². The lowest BCUT2D eigenvalue weighted by Crippen LogP contribution is -2.33. The number of nitrogens with zero attached hydrogens (tertiary/aromatic N) is 2. The van der Waals surface area contributed by atoms with E-state index in [4.69, 9.17) is 5.73 Å². The van der Waals surface area contributed by atoms with Crippen molar-refractivity contribution < 1.29 is 4.79 Å². The molecule has 1 atom stereocenters. The van der Waals surface area contributed by atoms with Crippen LogP contribution in [0, 0.1) is 0 Å². The predicted molar refractivity (Wildman–Crippen MR) is 82.4 cm³/mol. The van der Waals surface area contributed by atoms with Gasteiger partial charge in [0.25, 0.3) is 0 Å². The van der Waals surface area contributed by atoms with Crippen molar-refractivity contribution in [1.29, 1.82) is 0 Å². The van der Waals surface area contributed by atoms with E-state index >= 15 is 0 Å². The van der Waals surface area contributed by atoms with Gasteiger partial charge < -0.3 is 5.73 Å². The molecular formula is C16H22N4O. The van der Waals surface area contributed by atoms with Crippen molar-refractivity contribution in [2.75, 3.05) is 0 Å². The largest absolute Gasteiger partial charge is 0.368 e. The fraction of sp³-hybridized carbons (Fsp3) is 0.375. The van der Waals surface area contributed by atoms with Gasteiger partial charge in [-0.3, -0.25) is 14.8 Å². The van der Waals surface area contributed by atoms with Crippen LogP contribution in [0.1, 0.15) is 37.9 Å². The van der Waals surface area contributed by atoms with Crippen molar-refractivity contribution in [2.24, 2.45) is 5.73 Å². The summed E-state index contributed by atoms with van der Waals surface area (Å²) in [6, 6.07) is 8.98. The average Bonchev–Trinajstić information content (AvgIpc) is 2.88. The van der Waals surface area contributed by atoms with E-state index in [9.17, 15) is 4.79 Å². The number of rotatable bonds is 5. The summed E-state index contributed by atoms with van der Waals surface area (Å²) in [7, 11) is 0. The van der Waals surface area contributed by atoms with Crippen LogP contribution in [0.2, 0.25) is 0 Å². The number of hydrogen-bond donors (Lipinski definition) is 2. The monoisotopic (exact) mass is 286 g/mol. The Balaban J connectivity index is 2.06. The highest BCUT2D eigenvalue weighted by Crippen LogP contribution is 2.15. The van der Waals surface area contributed by atoms with Crippen molar-refractivity contribution in [3.63, 3.8) is 0 Å². The van der Waals surface area contributed by atoms with Crippen LogP contribution < -0.4 is 11.1 Å². The molecule has 5 heteroatoms. The number of benzene rings is 1. The SMILES string of the molecule is CC(C)(C)n1cc(CNC(C(N)=O)c2ccccc2)cn1. The Bertz CT molecular complexity index is 598. The third-order valence-corrected chi connectivity index (χ3v) is 3.25. The summed E-state index contributed by atoms with van der Waals surface area (Å²) >= 11 is 0. The lowest BCUT2D eigenvalue weighted by atomic mass is 10.1. The number of amides is 1. The fourth-order valence-electron chi connectivity index (χ4n) is 2.07. The molecule has 0 aliphatic heterocycles. The maximum atomic E-state index is 11.6. The zero-order valence-corrected chi connectivity index (χ0v) is 12.7. The molecule has 0 aliphatic carbocycles. The molecule has 1 aromatic heterocycles. The summed E-state index contributed by atoms with van der Waals surface area (Å²) in [5.41, 5.74) is 7.32. The summed E-state index contributed by atoms with van der Waals surface area (Å²) in [4.78, 5) is 11.6. The highest BCUT2D eigenvalue weighted by Gasteiger charge is 2.18. The van der Waals surface area contributed by atoms with Gasteiger partial charge in [0.1, 0.15) is 6.04 Å². The Morgan fingerprint density at radius 3 is 2.52 bits per heavy atom. The molecule has 0 fully saturated rings. The molecule has 2 rings (SSSR count). The van der Waals surface area contributed by atoms with Crippen LogP contribution in [0.3, 0.4) is 0 Å². The van der Waals surface area contributed by atoms with E-state index in [1.807, 2.05) is 41.2 Å². The highest BCUT2D eigenvalue weighted by atomic mass is 16.1. The van der Waals surface area contributed by atoms with Gasteiger partial charge in [0, 0.05) is 18.3 Å². The molecule has 1 aromatic carbocycles. The van der Waals surface area contributed by atoms with Gasteiger partial charge in [-0.25, -0.2) is 0 Å². The number of primary amides is 1. The number of aromatic nitrogens is 2. The van der Waals surface area contributed by atoms with E-state index in [0.717, 1.165) is 11.1 Å². The Hall–Kier alpha value is -2.14. The quantitative estimate of drug-likeness (QED) is 0.882. The second-order valence-electron chi connectivity index (χ2n) is 6.09. The van der Waals surface area contributed by atoms with Crippen molar-refractivity contribution in [3.05, 3.63) is 53.9 Å². The van der Waals surface area contributed by atoms with Crippen molar-refractivity contribution >= 4 is 5.91 Å². The zero-order valence-electron chi connectivity index (χ0n) is 12.7. The van der Waals surface area contributed by atoms with Crippen molar-refractivity contribution in [1.82, 2.24) is 15.1 Å². The van der Waals surface area contributed by atoms with Crippen molar-refractivity contribution in [3.8, 4) is 0 Å². The molecule has 3 N–H and O–H groups in total. The summed E-state index contributed by atoms with van der Waals surface area (Å²) in [5, 5.41) is 7.53. The first-order valence-electron chi connectivity index (χ1n) is 6.99. The van der Waals surface area contributed by atoms with Gasteiger partial charge in [-0.2, -0.15) is 5.10 Å². The molecule has 0 saturated heterocycles. The van der Waals surface area contributed by atoms with Crippen LogP contribution in [-0.4, -0.2) is 15.7 Å². The average molecular weight is 286 g/mol. The number of carbonyl (C=O) groups is 1. The molecular weight excluding hydrogens is 264 g/mol. The van der Waals surface area contributed by atoms with Gasteiger partial charge in [-0.15, -0.1) is 0 Å².